The molecule has 0 amide bonds. The maximum Gasteiger partial charge on any atom is 0.323 e. The molecule has 0 aliphatic carbocycles. The van der Waals surface area contributed by atoms with Crippen LogP contribution >= 0.6 is 0 Å². The fraction of sp³-hybridized carbons (Fsp3) is 0.562. The Labute approximate surface area is 120 Å². The fourth-order valence-electron chi connectivity index (χ4n) is 2.17. The Hall–Kier alpha value is -1.39. The standard InChI is InChI=1S/C16H23NO3/c1-16(2,3)20-15(18)14-9-13(10-17-14)19-11-12-7-5-4-6-8-12/h4-8,13-14,17H,9-11H2,1-3H3. The first kappa shape index (κ1) is 15.0. The summed E-state index contributed by atoms with van der Waals surface area (Å²) in [6.45, 7) is 6.90. The van der Waals surface area contributed by atoms with Crippen molar-refractivity contribution >= 4 is 5.97 Å². The van der Waals surface area contributed by atoms with Gasteiger partial charge in [-0.05, 0) is 26.3 Å². The van der Waals surface area contributed by atoms with Crippen LogP contribution in [-0.2, 0) is 20.9 Å². The first-order chi connectivity index (χ1) is 9.44. The van der Waals surface area contributed by atoms with Crippen LogP contribution in [0.25, 0.3) is 0 Å². The van der Waals surface area contributed by atoms with Gasteiger partial charge in [-0.2, -0.15) is 0 Å². The Morgan fingerprint density at radius 2 is 2.00 bits per heavy atom. The smallest absolute Gasteiger partial charge is 0.323 e. The lowest BCUT2D eigenvalue weighted by Gasteiger charge is -2.22. The zero-order valence-electron chi connectivity index (χ0n) is 12.4. The van der Waals surface area contributed by atoms with Crippen LogP contribution in [0.4, 0.5) is 0 Å². The highest BCUT2D eigenvalue weighted by atomic mass is 16.6. The number of hydrogen-bond acceptors (Lipinski definition) is 4. The minimum absolute atomic E-state index is 0.0627. The molecule has 20 heavy (non-hydrogen) atoms. The highest BCUT2D eigenvalue weighted by Crippen LogP contribution is 2.17. The summed E-state index contributed by atoms with van der Waals surface area (Å²) < 4.78 is 11.2. The van der Waals surface area contributed by atoms with Crippen molar-refractivity contribution < 1.29 is 14.3 Å². The summed E-state index contributed by atoms with van der Waals surface area (Å²) in [6, 6.07) is 9.79. The second-order valence-corrected chi connectivity index (χ2v) is 6.15. The van der Waals surface area contributed by atoms with Crippen LogP contribution in [0.15, 0.2) is 30.3 Å². The van der Waals surface area contributed by atoms with Crippen molar-refractivity contribution in [3.05, 3.63) is 35.9 Å². The molecule has 1 aliphatic rings. The third-order valence-electron chi connectivity index (χ3n) is 3.11. The third-order valence-corrected chi connectivity index (χ3v) is 3.11. The zero-order chi connectivity index (χ0) is 14.6. The van der Waals surface area contributed by atoms with Crippen molar-refractivity contribution in [2.24, 2.45) is 0 Å². The Morgan fingerprint density at radius 3 is 2.65 bits per heavy atom. The number of esters is 1. The number of rotatable bonds is 4. The van der Waals surface area contributed by atoms with E-state index < -0.39 is 5.60 Å². The van der Waals surface area contributed by atoms with Crippen molar-refractivity contribution in [1.29, 1.82) is 0 Å². The summed E-state index contributed by atoms with van der Waals surface area (Å²) >= 11 is 0. The number of benzene rings is 1. The zero-order valence-corrected chi connectivity index (χ0v) is 12.4. The van der Waals surface area contributed by atoms with Gasteiger partial charge in [0.15, 0.2) is 0 Å². The van der Waals surface area contributed by atoms with E-state index in [0.717, 1.165) is 5.56 Å². The van der Waals surface area contributed by atoms with Gasteiger partial charge in [0.25, 0.3) is 0 Å². The second-order valence-electron chi connectivity index (χ2n) is 6.15. The van der Waals surface area contributed by atoms with Crippen LogP contribution in [0.5, 0.6) is 0 Å². The van der Waals surface area contributed by atoms with Gasteiger partial charge in [0.1, 0.15) is 11.6 Å². The summed E-state index contributed by atoms with van der Waals surface area (Å²) in [4.78, 5) is 11.9. The van der Waals surface area contributed by atoms with Gasteiger partial charge in [-0.25, -0.2) is 0 Å². The molecule has 1 saturated heterocycles. The van der Waals surface area contributed by atoms with Gasteiger partial charge in [0, 0.05) is 13.0 Å². The van der Waals surface area contributed by atoms with E-state index in [1.165, 1.54) is 0 Å². The van der Waals surface area contributed by atoms with Gasteiger partial charge in [0.2, 0.25) is 0 Å². The summed E-state index contributed by atoms with van der Waals surface area (Å²) in [5.74, 6) is -0.191. The van der Waals surface area contributed by atoms with E-state index in [-0.39, 0.29) is 18.1 Å². The first-order valence-corrected chi connectivity index (χ1v) is 7.06. The third kappa shape index (κ3) is 4.62. The minimum Gasteiger partial charge on any atom is -0.459 e. The molecule has 0 aromatic heterocycles. The number of carbonyl (C=O) groups excluding carboxylic acids is 1. The van der Waals surface area contributed by atoms with Crippen LogP contribution < -0.4 is 5.32 Å². The van der Waals surface area contributed by atoms with Crippen LogP contribution in [0.1, 0.15) is 32.8 Å². The van der Waals surface area contributed by atoms with Gasteiger partial charge in [-0.15, -0.1) is 0 Å². The van der Waals surface area contributed by atoms with E-state index in [4.69, 9.17) is 9.47 Å². The topological polar surface area (TPSA) is 47.6 Å². The summed E-state index contributed by atoms with van der Waals surface area (Å²) in [5, 5.41) is 3.17. The Bertz CT molecular complexity index is 439. The Balaban J connectivity index is 1.76. The van der Waals surface area contributed by atoms with Gasteiger partial charge < -0.3 is 14.8 Å². The lowest BCUT2D eigenvalue weighted by atomic mass is 10.1. The maximum absolute atomic E-state index is 11.9. The molecule has 2 atom stereocenters. The molecule has 2 rings (SSSR count). The minimum atomic E-state index is -0.443. The summed E-state index contributed by atoms with van der Waals surface area (Å²) in [7, 11) is 0. The van der Waals surface area contributed by atoms with Crippen molar-refractivity contribution in [2.45, 2.75) is 51.5 Å². The van der Waals surface area contributed by atoms with Crippen LogP contribution in [0, 0.1) is 0 Å². The molecule has 2 unspecified atom stereocenters. The van der Waals surface area contributed by atoms with E-state index >= 15 is 0 Å². The second kappa shape index (κ2) is 6.37. The van der Waals surface area contributed by atoms with E-state index in [1.54, 1.807) is 0 Å². The fourth-order valence-corrected chi connectivity index (χ4v) is 2.17. The molecule has 1 aromatic carbocycles. The van der Waals surface area contributed by atoms with Crippen LogP contribution in [0.3, 0.4) is 0 Å². The molecule has 1 fully saturated rings. The lowest BCUT2D eigenvalue weighted by Crippen LogP contribution is -2.37. The largest absolute Gasteiger partial charge is 0.459 e. The molecule has 4 heteroatoms. The SMILES string of the molecule is CC(C)(C)OC(=O)C1CC(OCc2ccccc2)CN1. The van der Waals surface area contributed by atoms with Crippen molar-refractivity contribution in [3.63, 3.8) is 0 Å². The number of nitrogens with one attached hydrogen (secondary N) is 1. The predicted octanol–water partition coefficient (Wildman–Crippen LogP) is 2.28. The molecule has 1 aliphatic heterocycles. The molecule has 0 radical (unpaired) electrons. The highest BCUT2D eigenvalue weighted by Gasteiger charge is 2.33. The average Bonchev–Trinajstić information content (AvgIpc) is 2.84. The number of hydrogen-bond donors (Lipinski definition) is 1. The molecular formula is C16H23NO3. The van der Waals surface area contributed by atoms with Gasteiger partial charge in [-0.1, -0.05) is 30.3 Å². The molecule has 1 N–H and O–H groups in total. The van der Waals surface area contributed by atoms with Gasteiger partial charge >= 0.3 is 5.97 Å². The number of ether oxygens (including phenoxy) is 2. The molecule has 110 valence electrons. The van der Waals surface area contributed by atoms with Gasteiger partial charge in [0.05, 0.1) is 12.7 Å². The first-order valence-electron chi connectivity index (χ1n) is 7.06. The number of carbonyl (C=O) groups is 1. The van der Waals surface area contributed by atoms with E-state index in [1.807, 2.05) is 51.1 Å². The normalized spacial score (nSPS) is 22.8. The highest BCUT2D eigenvalue weighted by molar-refractivity contribution is 5.76. The van der Waals surface area contributed by atoms with Crippen LogP contribution in [0.2, 0.25) is 0 Å². The lowest BCUT2D eigenvalue weighted by molar-refractivity contribution is -0.157. The van der Waals surface area contributed by atoms with Crippen LogP contribution in [-0.4, -0.2) is 30.3 Å². The summed E-state index contributed by atoms with van der Waals surface area (Å²) in [5.41, 5.74) is 0.704. The van der Waals surface area contributed by atoms with Crippen molar-refractivity contribution in [2.75, 3.05) is 6.54 Å². The van der Waals surface area contributed by atoms with Gasteiger partial charge in [-0.3, -0.25) is 4.79 Å². The quantitative estimate of drug-likeness (QED) is 0.858. The molecule has 0 saturated carbocycles. The van der Waals surface area contributed by atoms with E-state index in [2.05, 4.69) is 5.32 Å². The van der Waals surface area contributed by atoms with E-state index in [9.17, 15) is 4.79 Å². The molecule has 4 nitrogen and oxygen atoms in total. The Morgan fingerprint density at radius 1 is 1.30 bits per heavy atom. The predicted molar refractivity (Wildman–Crippen MR) is 77.3 cm³/mol. The average molecular weight is 277 g/mol. The molecule has 0 spiro atoms. The maximum atomic E-state index is 11.9. The Kier molecular flexibility index (Phi) is 4.78. The molecule has 1 aromatic rings. The van der Waals surface area contributed by atoms with Crippen molar-refractivity contribution in [3.8, 4) is 0 Å². The van der Waals surface area contributed by atoms with E-state index in [0.29, 0.717) is 19.6 Å². The summed E-state index contributed by atoms with van der Waals surface area (Å²) in [6.07, 6.45) is 0.731. The molecule has 0 bridgehead atoms. The molecular weight excluding hydrogens is 254 g/mol. The van der Waals surface area contributed by atoms with Crippen molar-refractivity contribution in [1.82, 2.24) is 5.32 Å². The molecule has 1 heterocycles. The monoisotopic (exact) mass is 277 g/mol.